The maximum atomic E-state index is 12.1. The van der Waals surface area contributed by atoms with Crippen LogP contribution in [0, 0.1) is 6.92 Å². The Morgan fingerprint density at radius 2 is 1.75 bits per heavy atom. The Morgan fingerprint density at radius 3 is 2.25 bits per heavy atom. The van der Waals surface area contributed by atoms with Crippen molar-refractivity contribution < 1.29 is 4.79 Å². The number of nitrogens with one attached hydrogen (secondary N) is 1. The average molecular weight is 289 g/mol. The van der Waals surface area contributed by atoms with Crippen molar-refractivity contribution in [1.29, 1.82) is 0 Å². The lowest BCUT2D eigenvalue weighted by atomic mass is 9.99. The van der Waals surface area contributed by atoms with Crippen LogP contribution in [-0.2, 0) is 0 Å². The topological polar surface area (TPSA) is 54.9 Å². The van der Waals surface area contributed by atoms with E-state index in [1.165, 1.54) is 17.1 Å². The van der Waals surface area contributed by atoms with Crippen LogP contribution in [0.5, 0.6) is 0 Å². The van der Waals surface area contributed by atoms with E-state index in [0.29, 0.717) is 11.6 Å². The van der Waals surface area contributed by atoms with Gasteiger partial charge in [0, 0.05) is 0 Å². The molecule has 0 aliphatic heterocycles. The first-order valence-corrected chi connectivity index (χ1v) is 7.46. The minimum Gasteiger partial charge on any atom is -0.344 e. The molecule has 0 unspecified atom stereocenters. The lowest BCUT2D eigenvalue weighted by Crippen LogP contribution is -2.27. The van der Waals surface area contributed by atoms with E-state index in [-0.39, 0.29) is 11.9 Å². The molecule has 0 spiro atoms. The molecule has 1 heterocycles. The van der Waals surface area contributed by atoms with E-state index in [4.69, 9.17) is 0 Å². The van der Waals surface area contributed by atoms with Crippen LogP contribution >= 0.6 is 11.5 Å². The first-order valence-electron chi connectivity index (χ1n) is 6.68. The summed E-state index contributed by atoms with van der Waals surface area (Å²) in [7, 11) is 0. The number of rotatable bonds is 4. The van der Waals surface area contributed by atoms with Gasteiger partial charge in [-0.2, -0.15) is 0 Å². The highest BCUT2D eigenvalue weighted by Crippen LogP contribution is 2.19. The molecule has 1 atom stereocenters. The molecule has 1 amide bonds. The van der Waals surface area contributed by atoms with Gasteiger partial charge < -0.3 is 5.32 Å². The number of hydrogen-bond acceptors (Lipinski definition) is 4. The monoisotopic (exact) mass is 289 g/mol. The van der Waals surface area contributed by atoms with E-state index >= 15 is 0 Å². The zero-order valence-electron chi connectivity index (χ0n) is 12.2. The summed E-state index contributed by atoms with van der Waals surface area (Å²) in [5.74, 6) is 0.342. The molecule has 0 radical (unpaired) electrons. The van der Waals surface area contributed by atoms with Gasteiger partial charge in [-0.1, -0.05) is 42.6 Å². The zero-order valence-corrected chi connectivity index (χ0v) is 13.0. The highest BCUT2D eigenvalue weighted by atomic mass is 32.1. The summed E-state index contributed by atoms with van der Waals surface area (Å²) in [5, 5.41) is 6.81. The Hall–Kier alpha value is -1.75. The van der Waals surface area contributed by atoms with E-state index < -0.39 is 0 Å². The lowest BCUT2D eigenvalue weighted by Gasteiger charge is -2.15. The minimum atomic E-state index is -0.170. The smallest absolute Gasteiger partial charge is 0.273 e. The van der Waals surface area contributed by atoms with Crippen molar-refractivity contribution in [3.8, 4) is 0 Å². The van der Waals surface area contributed by atoms with Crippen molar-refractivity contribution in [3.63, 3.8) is 0 Å². The third-order valence-electron chi connectivity index (χ3n) is 3.32. The van der Waals surface area contributed by atoms with Crippen molar-refractivity contribution in [1.82, 2.24) is 14.9 Å². The SMILES string of the molecule is Cc1snnc1C(=O)N[C@@H](C)c1ccc(C(C)C)cc1. The van der Waals surface area contributed by atoms with Gasteiger partial charge in [-0.25, -0.2) is 0 Å². The van der Waals surface area contributed by atoms with Gasteiger partial charge in [-0.15, -0.1) is 5.10 Å². The van der Waals surface area contributed by atoms with Gasteiger partial charge in [0.15, 0.2) is 5.69 Å². The molecular formula is C15H19N3OS. The van der Waals surface area contributed by atoms with Crippen LogP contribution in [0.1, 0.15) is 59.2 Å². The molecule has 0 aliphatic rings. The molecule has 1 aromatic carbocycles. The molecule has 2 rings (SSSR count). The fraction of sp³-hybridized carbons (Fsp3) is 0.400. The molecule has 1 N–H and O–H groups in total. The molecule has 106 valence electrons. The van der Waals surface area contributed by atoms with E-state index in [1.54, 1.807) is 0 Å². The molecule has 2 aromatic rings. The Labute approximate surface area is 123 Å². The Bertz CT molecular complexity index is 589. The molecule has 20 heavy (non-hydrogen) atoms. The highest BCUT2D eigenvalue weighted by molar-refractivity contribution is 7.05. The second-order valence-corrected chi connectivity index (χ2v) is 6.15. The molecule has 5 heteroatoms. The molecule has 1 aromatic heterocycles. The number of carbonyl (C=O) groups is 1. The molecule has 0 fully saturated rings. The first-order chi connectivity index (χ1) is 9.49. The summed E-state index contributed by atoms with van der Waals surface area (Å²) < 4.78 is 3.78. The van der Waals surface area contributed by atoms with E-state index in [0.717, 1.165) is 10.4 Å². The van der Waals surface area contributed by atoms with Gasteiger partial charge in [0.1, 0.15) is 0 Å². The van der Waals surface area contributed by atoms with Gasteiger partial charge in [-0.3, -0.25) is 4.79 Å². The quantitative estimate of drug-likeness (QED) is 0.937. The highest BCUT2D eigenvalue weighted by Gasteiger charge is 2.16. The molecule has 0 saturated carbocycles. The van der Waals surface area contributed by atoms with E-state index in [9.17, 15) is 4.79 Å². The number of aryl methyl sites for hydroxylation is 1. The van der Waals surface area contributed by atoms with Crippen molar-refractivity contribution in [3.05, 3.63) is 46.0 Å². The number of carbonyl (C=O) groups excluding carboxylic acids is 1. The van der Waals surface area contributed by atoms with Crippen molar-refractivity contribution in [2.45, 2.75) is 39.7 Å². The maximum absolute atomic E-state index is 12.1. The second-order valence-electron chi connectivity index (χ2n) is 5.19. The van der Waals surface area contributed by atoms with Gasteiger partial charge in [0.05, 0.1) is 10.9 Å². The van der Waals surface area contributed by atoms with E-state index in [2.05, 4.69) is 53.0 Å². The second kappa shape index (κ2) is 6.13. The van der Waals surface area contributed by atoms with Crippen molar-refractivity contribution >= 4 is 17.4 Å². The van der Waals surface area contributed by atoms with Crippen LogP contribution in [-0.4, -0.2) is 15.5 Å². The molecule has 0 bridgehead atoms. The zero-order chi connectivity index (χ0) is 14.7. The van der Waals surface area contributed by atoms with Crippen molar-refractivity contribution in [2.75, 3.05) is 0 Å². The third kappa shape index (κ3) is 3.22. The third-order valence-corrected chi connectivity index (χ3v) is 3.95. The van der Waals surface area contributed by atoms with E-state index in [1.807, 2.05) is 13.8 Å². The predicted octanol–water partition coefficient (Wildman–Crippen LogP) is 3.46. The summed E-state index contributed by atoms with van der Waals surface area (Å²) in [5.41, 5.74) is 2.80. The molecule has 0 aliphatic carbocycles. The normalized spacial score (nSPS) is 12.4. The summed E-state index contributed by atoms with van der Waals surface area (Å²) in [6, 6.07) is 8.29. The van der Waals surface area contributed by atoms with Gasteiger partial charge in [-0.05, 0) is 42.4 Å². The Morgan fingerprint density at radius 1 is 1.15 bits per heavy atom. The van der Waals surface area contributed by atoms with Crippen molar-refractivity contribution in [2.24, 2.45) is 0 Å². The summed E-state index contributed by atoms with van der Waals surface area (Å²) in [4.78, 5) is 12.9. The van der Waals surface area contributed by atoms with Crippen LogP contribution in [0.2, 0.25) is 0 Å². The predicted molar refractivity (Wildman–Crippen MR) is 81.1 cm³/mol. The maximum Gasteiger partial charge on any atom is 0.273 e. The Kier molecular flexibility index (Phi) is 4.49. The van der Waals surface area contributed by atoms with Gasteiger partial charge in [0.25, 0.3) is 5.91 Å². The average Bonchev–Trinajstić information content (AvgIpc) is 2.85. The summed E-state index contributed by atoms with van der Waals surface area (Å²) in [6.45, 7) is 8.15. The van der Waals surface area contributed by atoms with Gasteiger partial charge >= 0.3 is 0 Å². The van der Waals surface area contributed by atoms with Crippen LogP contribution in [0.25, 0.3) is 0 Å². The first kappa shape index (κ1) is 14.7. The standard InChI is InChI=1S/C15H19N3OS/c1-9(2)12-5-7-13(8-6-12)10(3)16-15(19)14-11(4)20-18-17-14/h5-10H,1-4H3,(H,16,19)/t10-/m0/s1. The van der Waals surface area contributed by atoms with Crippen LogP contribution in [0.4, 0.5) is 0 Å². The molecule has 4 nitrogen and oxygen atoms in total. The fourth-order valence-electron chi connectivity index (χ4n) is 1.96. The largest absolute Gasteiger partial charge is 0.344 e. The molecule has 0 saturated heterocycles. The Balaban J connectivity index is 2.06. The number of benzene rings is 1. The van der Waals surface area contributed by atoms with Crippen LogP contribution < -0.4 is 5.32 Å². The van der Waals surface area contributed by atoms with Crippen LogP contribution in [0.3, 0.4) is 0 Å². The number of hydrogen-bond donors (Lipinski definition) is 1. The van der Waals surface area contributed by atoms with Crippen LogP contribution in [0.15, 0.2) is 24.3 Å². The fourth-order valence-corrected chi connectivity index (χ4v) is 2.42. The number of aromatic nitrogens is 2. The minimum absolute atomic E-state index is 0.0511. The lowest BCUT2D eigenvalue weighted by molar-refractivity contribution is 0.0934. The number of nitrogens with zero attached hydrogens (tertiary/aromatic N) is 2. The molecular weight excluding hydrogens is 270 g/mol. The summed E-state index contributed by atoms with van der Waals surface area (Å²) in [6.07, 6.45) is 0. The van der Waals surface area contributed by atoms with Gasteiger partial charge in [0.2, 0.25) is 0 Å². The summed E-state index contributed by atoms with van der Waals surface area (Å²) >= 11 is 1.24. The number of amides is 1.